The van der Waals surface area contributed by atoms with Crippen LogP contribution in [0.4, 0.5) is 0 Å². The maximum Gasteiger partial charge on any atom is 0.124 e. The quantitative estimate of drug-likeness (QED) is 0.861. The summed E-state index contributed by atoms with van der Waals surface area (Å²) in [6.07, 6.45) is 2.16. The van der Waals surface area contributed by atoms with Crippen LogP contribution in [0.3, 0.4) is 0 Å². The molecule has 0 bridgehead atoms. The molecule has 0 saturated carbocycles. The standard InChI is InChI=1S/C15H23NO2/c1-11-5-6-13-14(16-9-12(2)10-17)4-3-7-18-15(13)8-11/h5-6,8,12,14,16-17H,3-4,7,9-10H2,1-2H3. The van der Waals surface area contributed by atoms with Gasteiger partial charge in [0.05, 0.1) is 6.61 Å². The summed E-state index contributed by atoms with van der Waals surface area (Å²) >= 11 is 0. The smallest absolute Gasteiger partial charge is 0.124 e. The fraction of sp³-hybridized carbons (Fsp3) is 0.600. The first-order valence-corrected chi connectivity index (χ1v) is 6.78. The number of benzene rings is 1. The van der Waals surface area contributed by atoms with Crippen molar-refractivity contribution in [2.75, 3.05) is 19.8 Å². The monoisotopic (exact) mass is 249 g/mol. The lowest BCUT2D eigenvalue weighted by molar-refractivity contribution is 0.229. The van der Waals surface area contributed by atoms with Gasteiger partial charge in [0.1, 0.15) is 5.75 Å². The van der Waals surface area contributed by atoms with Gasteiger partial charge in [-0.3, -0.25) is 0 Å². The molecule has 0 saturated heterocycles. The van der Waals surface area contributed by atoms with E-state index in [1.54, 1.807) is 0 Å². The summed E-state index contributed by atoms with van der Waals surface area (Å²) in [5, 5.41) is 12.6. The summed E-state index contributed by atoms with van der Waals surface area (Å²) in [6, 6.07) is 6.76. The number of ether oxygens (including phenoxy) is 1. The van der Waals surface area contributed by atoms with Crippen LogP contribution in [0.15, 0.2) is 18.2 Å². The summed E-state index contributed by atoms with van der Waals surface area (Å²) in [4.78, 5) is 0. The number of aliphatic hydroxyl groups is 1. The molecule has 18 heavy (non-hydrogen) atoms. The number of fused-ring (bicyclic) bond motifs is 1. The van der Waals surface area contributed by atoms with Gasteiger partial charge < -0.3 is 15.2 Å². The molecule has 1 aliphatic heterocycles. The summed E-state index contributed by atoms with van der Waals surface area (Å²) < 4.78 is 5.80. The largest absolute Gasteiger partial charge is 0.493 e. The number of hydrogen-bond acceptors (Lipinski definition) is 3. The molecular weight excluding hydrogens is 226 g/mol. The van der Waals surface area contributed by atoms with Crippen molar-refractivity contribution < 1.29 is 9.84 Å². The molecule has 0 fully saturated rings. The van der Waals surface area contributed by atoms with Crippen LogP contribution in [-0.2, 0) is 0 Å². The Morgan fingerprint density at radius 3 is 3.11 bits per heavy atom. The van der Waals surface area contributed by atoms with E-state index in [-0.39, 0.29) is 6.61 Å². The van der Waals surface area contributed by atoms with E-state index in [9.17, 15) is 0 Å². The van der Waals surface area contributed by atoms with Crippen LogP contribution in [0, 0.1) is 12.8 Å². The highest BCUT2D eigenvalue weighted by molar-refractivity contribution is 5.39. The van der Waals surface area contributed by atoms with Gasteiger partial charge in [-0.15, -0.1) is 0 Å². The highest BCUT2D eigenvalue weighted by Crippen LogP contribution is 2.32. The van der Waals surface area contributed by atoms with Crippen LogP contribution in [0.25, 0.3) is 0 Å². The van der Waals surface area contributed by atoms with Crippen molar-refractivity contribution in [2.45, 2.75) is 32.7 Å². The minimum Gasteiger partial charge on any atom is -0.493 e. The van der Waals surface area contributed by atoms with Gasteiger partial charge in [-0.1, -0.05) is 19.1 Å². The third-order valence-electron chi connectivity index (χ3n) is 3.46. The normalized spacial score (nSPS) is 20.7. The molecule has 0 radical (unpaired) electrons. The van der Waals surface area contributed by atoms with Crippen molar-refractivity contribution in [1.29, 1.82) is 0 Å². The van der Waals surface area contributed by atoms with E-state index in [1.165, 1.54) is 11.1 Å². The lowest BCUT2D eigenvalue weighted by Crippen LogP contribution is -2.27. The Labute approximate surface area is 109 Å². The van der Waals surface area contributed by atoms with E-state index in [0.29, 0.717) is 12.0 Å². The fourth-order valence-corrected chi connectivity index (χ4v) is 2.30. The van der Waals surface area contributed by atoms with Crippen LogP contribution in [0.2, 0.25) is 0 Å². The SMILES string of the molecule is Cc1ccc2c(c1)OCCCC2NCC(C)CO. The zero-order chi connectivity index (χ0) is 13.0. The second kappa shape index (κ2) is 6.21. The third kappa shape index (κ3) is 3.24. The summed E-state index contributed by atoms with van der Waals surface area (Å²) in [5.74, 6) is 1.31. The van der Waals surface area contributed by atoms with Crippen molar-refractivity contribution in [2.24, 2.45) is 5.92 Å². The molecule has 0 aliphatic carbocycles. The van der Waals surface area contributed by atoms with Crippen LogP contribution in [-0.4, -0.2) is 24.9 Å². The highest BCUT2D eigenvalue weighted by atomic mass is 16.5. The number of aliphatic hydroxyl groups excluding tert-OH is 1. The molecule has 2 unspecified atom stereocenters. The number of nitrogens with one attached hydrogen (secondary N) is 1. The molecule has 0 aromatic heterocycles. The maximum absolute atomic E-state index is 9.09. The van der Waals surface area contributed by atoms with E-state index in [1.807, 2.05) is 0 Å². The Bertz CT molecular complexity index is 392. The molecule has 1 aromatic rings. The topological polar surface area (TPSA) is 41.5 Å². The lowest BCUT2D eigenvalue weighted by atomic mass is 10.00. The number of aryl methyl sites for hydroxylation is 1. The van der Waals surface area contributed by atoms with Crippen LogP contribution in [0.5, 0.6) is 5.75 Å². The van der Waals surface area contributed by atoms with Crippen molar-refractivity contribution in [1.82, 2.24) is 5.32 Å². The first kappa shape index (κ1) is 13.4. The molecule has 1 aromatic carbocycles. The molecular formula is C15H23NO2. The Hall–Kier alpha value is -1.06. The molecule has 1 heterocycles. The van der Waals surface area contributed by atoms with Gasteiger partial charge in [-0.05, 0) is 37.3 Å². The molecule has 2 rings (SSSR count). The second-order valence-electron chi connectivity index (χ2n) is 5.28. The third-order valence-corrected chi connectivity index (χ3v) is 3.46. The Morgan fingerprint density at radius 1 is 1.50 bits per heavy atom. The fourth-order valence-electron chi connectivity index (χ4n) is 2.30. The maximum atomic E-state index is 9.09. The highest BCUT2D eigenvalue weighted by Gasteiger charge is 2.19. The predicted octanol–water partition coefficient (Wildman–Crippen LogP) is 2.43. The van der Waals surface area contributed by atoms with Crippen molar-refractivity contribution in [3.05, 3.63) is 29.3 Å². The van der Waals surface area contributed by atoms with Crippen molar-refractivity contribution >= 4 is 0 Å². The van der Waals surface area contributed by atoms with Crippen LogP contribution >= 0.6 is 0 Å². The molecule has 1 aliphatic rings. The molecule has 0 spiro atoms. The second-order valence-corrected chi connectivity index (χ2v) is 5.28. The van der Waals surface area contributed by atoms with E-state index in [4.69, 9.17) is 9.84 Å². The van der Waals surface area contributed by atoms with Crippen molar-refractivity contribution in [3.63, 3.8) is 0 Å². The summed E-state index contributed by atoms with van der Waals surface area (Å²) in [7, 11) is 0. The molecule has 100 valence electrons. The zero-order valence-corrected chi connectivity index (χ0v) is 11.3. The number of rotatable bonds is 4. The van der Waals surface area contributed by atoms with Crippen LogP contribution in [0.1, 0.15) is 36.9 Å². The molecule has 0 amide bonds. The molecule has 2 N–H and O–H groups in total. The Balaban J connectivity index is 2.11. The first-order chi connectivity index (χ1) is 8.70. The van der Waals surface area contributed by atoms with Gasteiger partial charge in [0.15, 0.2) is 0 Å². The summed E-state index contributed by atoms with van der Waals surface area (Å²) in [6.45, 7) is 6.01. The predicted molar refractivity (Wildman–Crippen MR) is 72.9 cm³/mol. The van der Waals surface area contributed by atoms with Gasteiger partial charge in [0.2, 0.25) is 0 Å². The average Bonchev–Trinajstić information content (AvgIpc) is 2.57. The molecule has 3 heteroatoms. The molecule has 3 nitrogen and oxygen atoms in total. The number of hydrogen-bond donors (Lipinski definition) is 2. The Morgan fingerprint density at radius 2 is 2.33 bits per heavy atom. The first-order valence-electron chi connectivity index (χ1n) is 6.78. The van der Waals surface area contributed by atoms with E-state index >= 15 is 0 Å². The average molecular weight is 249 g/mol. The van der Waals surface area contributed by atoms with Gasteiger partial charge >= 0.3 is 0 Å². The lowest BCUT2D eigenvalue weighted by Gasteiger charge is -2.20. The summed E-state index contributed by atoms with van der Waals surface area (Å²) in [5.41, 5.74) is 2.49. The zero-order valence-electron chi connectivity index (χ0n) is 11.3. The van der Waals surface area contributed by atoms with Gasteiger partial charge in [-0.2, -0.15) is 0 Å². The Kier molecular flexibility index (Phi) is 4.61. The van der Waals surface area contributed by atoms with Crippen molar-refractivity contribution in [3.8, 4) is 5.75 Å². The van der Waals surface area contributed by atoms with Gasteiger partial charge in [-0.25, -0.2) is 0 Å². The van der Waals surface area contributed by atoms with E-state index in [0.717, 1.165) is 31.7 Å². The minimum atomic E-state index is 0.233. The van der Waals surface area contributed by atoms with Gasteiger partial charge in [0.25, 0.3) is 0 Å². The minimum absolute atomic E-state index is 0.233. The molecule has 2 atom stereocenters. The van der Waals surface area contributed by atoms with E-state index < -0.39 is 0 Å². The van der Waals surface area contributed by atoms with Gasteiger partial charge in [0, 0.05) is 24.8 Å². The van der Waals surface area contributed by atoms with E-state index in [2.05, 4.69) is 37.4 Å². The van der Waals surface area contributed by atoms with Crippen LogP contribution < -0.4 is 10.1 Å².